The molecule has 7 nitrogen and oxygen atoms in total. The van der Waals surface area contributed by atoms with Gasteiger partial charge >= 0.3 is 5.56 Å². The van der Waals surface area contributed by atoms with Gasteiger partial charge in [-0.15, -0.1) is 5.10 Å². The van der Waals surface area contributed by atoms with Crippen LogP contribution in [0.25, 0.3) is 5.69 Å². The summed E-state index contributed by atoms with van der Waals surface area (Å²) in [5.41, 5.74) is 3.57. The molecule has 0 saturated carbocycles. The highest BCUT2D eigenvalue weighted by Gasteiger charge is 2.13. The first-order valence-corrected chi connectivity index (χ1v) is 9.53. The maximum Gasteiger partial charge on any atom is 0.310 e. The SMILES string of the molecule is COc1cc(Oc2ccc(-n3cnc(C)c3)c(C)c2)c(=O)n(Cc2ccccc2)n1. The third kappa shape index (κ3) is 4.10. The molecule has 2 aromatic heterocycles. The second-order valence-corrected chi connectivity index (χ2v) is 6.97. The quantitative estimate of drug-likeness (QED) is 0.489. The van der Waals surface area contributed by atoms with Crippen molar-refractivity contribution in [1.82, 2.24) is 19.3 Å². The number of hydrogen-bond donors (Lipinski definition) is 0. The molecule has 152 valence electrons. The van der Waals surface area contributed by atoms with E-state index < -0.39 is 0 Å². The summed E-state index contributed by atoms with van der Waals surface area (Å²) in [6.07, 6.45) is 3.73. The second kappa shape index (κ2) is 8.24. The number of aromatic nitrogens is 4. The van der Waals surface area contributed by atoms with Crippen molar-refractivity contribution < 1.29 is 9.47 Å². The van der Waals surface area contributed by atoms with E-state index in [1.807, 2.05) is 73.1 Å². The Labute approximate surface area is 174 Å². The fourth-order valence-corrected chi connectivity index (χ4v) is 3.19. The third-order valence-electron chi connectivity index (χ3n) is 4.69. The summed E-state index contributed by atoms with van der Waals surface area (Å²) >= 11 is 0. The van der Waals surface area contributed by atoms with Crippen molar-refractivity contribution in [3.63, 3.8) is 0 Å². The van der Waals surface area contributed by atoms with Crippen LogP contribution >= 0.6 is 0 Å². The van der Waals surface area contributed by atoms with Crippen LogP contribution in [0, 0.1) is 13.8 Å². The van der Waals surface area contributed by atoms with Crippen molar-refractivity contribution in [3.8, 4) is 23.1 Å². The summed E-state index contributed by atoms with van der Waals surface area (Å²) < 4.78 is 14.5. The molecule has 30 heavy (non-hydrogen) atoms. The Kier molecular flexibility index (Phi) is 5.34. The Morgan fingerprint density at radius 2 is 1.83 bits per heavy atom. The molecule has 0 aliphatic carbocycles. The van der Waals surface area contributed by atoms with Crippen LogP contribution in [0.4, 0.5) is 0 Å². The number of imidazole rings is 1. The van der Waals surface area contributed by atoms with Gasteiger partial charge in [0.2, 0.25) is 5.88 Å². The van der Waals surface area contributed by atoms with Crippen molar-refractivity contribution in [2.75, 3.05) is 7.11 Å². The molecule has 0 aliphatic rings. The zero-order valence-electron chi connectivity index (χ0n) is 17.1. The lowest BCUT2D eigenvalue weighted by Gasteiger charge is -2.12. The zero-order valence-corrected chi connectivity index (χ0v) is 17.1. The molecule has 7 heteroatoms. The fourth-order valence-electron chi connectivity index (χ4n) is 3.19. The Hall–Kier alpha value is -3.87. The molecule has 0 atom stereocenters. The van der Waals surface area contributed by atoms with E-state index in [1.165, 1.54) is 17.9 Å². The van der Waals surface area contributed by atoms with Crippen LogP contribution in [-0.4, -0.2) is 26.4 Å². The van der Waals surface area contributed by atoms with Gasteiger partial charge in [-0.3, -0.25) is 4.79 Å². The van der Waals surface area contributed by atoms with E-state index in [2.05, 4.69) is 10.1 Å². The zero-order chi connectivity index (χ0) is 21.1. The van der Waals surface area contributed by atoms with Gasteiger partial charge in [0.05, 0.1) is 31.7 Å². The Bertz CT molecular complexity index is 1230. The number of ether oxygens (including phenoxy) is 2. The summed E-state index contributed by atoms with van der Waals surface area (Å²) in [6, 6.07) is 16.8. The van der Waals surface area contributed by atoms with E-state index in [9.17, 15) is 4.79 Å². The monoisotopic (exact) mass is 402 g/mol. The highest BCUT2D eigenvalue weighted by Crippen LogP contribution is 2.25. The molecule has 0 unspecified atom stereocenters. The van der Waals surface area contributed by atoms with E-state index in [0.29, 0.717) is 18.2 Å². The topological polar surface area (TPSA) is 71.2 Å². The lowest BCUT2D eigenvalue weighted by atomic mass is 10.2. The van der Waals surface area contributed by atoms with Gasteiger partial charge in [0, 0.05) is 11.9 Å². The Balaban J connectivity index is 1.65. The van der Waals surface area contributed by atoms with Gasteiger partial charge in [0.1, 0.15) is 5.75 Å². The number of hydrogen-bond acceptors (Lipinski definition) is 5. The van der Waals surface area contributed by atoms with E-state index in [0.717, 1.165) is 22.5 Å². The van der Waals surface area contributed by atoms with Crippen LogP contribution in [0.3, 0.4) is 0 Å². The number of aryl methyl sites for hydroxylation is 2. The lowest BCUT2D eigenvalue weighted by Crippen LogP contribution is -2.24. The minimum atomic E-state index is -0.327. The molecular formula is C23H22N4O3. The minimum absolute atomic E-state index is 0.156. The van der Waals surface area contributed by atoms with Crippen LogP contribution in [-0.2, 0) is 6.54 Å². The average molecular weight is 402 g/mol. The summed E-state index contributed by atoms with van der Waals surface area (Å²) in [5.74, 6) is 1.02. The molecule has 0 aliphatic heterocycles. The van der Waals surface area contributed by atoms with Gasteiger partial charge in [0.15, 0.2) is 5.75 Å². The normalized spacial score (nSPS) is 10.8. The molecule has 4 aromatic rings. The summed E-state index contributed by atoms with van der Waals surface area (Å²) in [5, 5.41) is 4.25. The van der Waals surface area contributed by atoms with Crippen LogP contribution in [0.2, 0.25) is 0 Å². The number of methoxy groups -OCH3 is 1. The lowest BCUT2D eigenvalue weighted by molar-refractivity contribution is 0.368. The second-order valence-electron chi connectivity index (χ2n) is 6.97. The maximum atomic E-state index is 12.9. The molecule has 0 radical (unpaired) electrons. The summed E-state index contributed by atoms with van der Waals surface area (Å²) in [7, 11) is 1.51. The van der Waals surface area contributed by atoms with Gasteiger partial charge in [-0.25, -0.2) is 9.67 Å². The number of nitrogens with zero attached hydrogens (tertiary/aromatic N) is 4. The van der Waals surface area contributed by atoms with Gasteiger partial charge in [-0.05, 0) is 43.2 Å². The van der Waals surface area contributed by atoms with Crippen LogP contribution in [0.5, 0.6) is 17.4 Å². The molecule has 2 heterocycles. The van der Waals surface area contributed by atoms with E-state index in [1.54, 1.807) is 6.33 Å². The third-order valence-corrected chi connectivity index (χ3v) is 4.69. The van der Waals surface area contributed by atoms with E-state index >= 15 is 0 Å². The van der Waals surface area contributed by atoms with Crippen LogP contribution < -0.4 is 15.0 Å². The molecule has 2 aromatic carbocycles. The van der Waals surface area contributed by atoms with Gasteiger partial charge in [0.25, 0.3) is 0 Å². The molecule has 0 fully saturated rings. The average Bonchev–Trinajstić information content (AvgIpc) is 3.17. The highest BCUT2D eigenvalue weighted by atomic mass is 16.5. The Morgan fingerprint density at radius 3 is 2.50 bits per heavy atom. The largest absolute Gasteiger partial charge is 0.480 e. The van der Waals surface area contributed by atoms with Crippen molar-refractivity contribution in [3.05, 3.63) is 94.3 Å². The van der Waals surface area contributed by atoms with Crippen molar-refractivity contribution in [1.29, 1.82) is 0 Å². The molecule has 0 saturated heterocycles. The molecule has 0 bridgehead atoms. The van der Waals surface area contributed by atoms with Gasteiger partial charge in [-0.1, -0.05) is 30.3 Å². The van der Waals surface area contributed by atoms with E-state index in [4.69, 9.17) is 9.47 Å². The summed E-state index contributed by atoms with van der Waals surface area (Å²) in [4.78, 5) is 17.2. The molecule has 0 N–H and O–H groups in total. The molecular weight excluding hydrogens is 380 g/mol. The smallest absolute Gasteiger partial charge is 0.310 e. The Morgan fingerprint density at radius 1 is 1.03 bits per heavy atom. The van der Waals surface area contributed by atoms with Crippen molar-refractivity contribution >= 4 is 0 Å². The highest BCUT2D eigenvalue weighted by molar-refractivity contribution is 5.46. The van der Waals surface area contributed by atoms with Crippen LogP contribution in [0.1, 0.15) is 16.8 Å². The van der Waals surface area contributed by atoms with Gasteiger partial charge < -0.3 is 14.0 Å². The molecule has 0 amide bonds. The fraction of sp³-hybridized carbons (Fsp3) is 0.174. The van der Waals surface area contributed by atoms with Crippen molar-refractivity contribution in [2.24, 2.45) is 0 Å². The minimum Gasteiger partial charge on any atom is -0.480 e. The first kappa shape index (κ1) is 19.4. The van der Waals surface area contributed by atoms with Gasteiger partial charge in [-0.2, -0.15) is 0 Å². The number of rotatable bonds is 6. The number of benzene rings is 2. The summed E-state index contributed by atoms with van der Waals surface area (Å²) in [6.45, 7) is 4.25. The first-order valence-electron chi connectivity index (χ1n) is 9.53. The standard InChI is InChI=1S/C23H22N4O3/c1-16-11-19(9-10-20(16)26-13-17(2)24-15-26)30-21-12-22(29-3)25-27(23(21)28)14-18-7-5-4-6-8-18/h4-13,15H,14H2,1-3H3. The molecule has 0 spiro atoms. The van der Waals surface area contributed by atoms with E-state index in [-0.39, 0.29) is 11.3 Å². The van der Waals surface area contributed by atoms with Crippen molar-refractivity contribution in [2.45, 2.75) is 20.4 Å². The predicted molar refractivity (Wildman–Crippen MR) is 114 cm³/mol. The first-order chi connectivity index (χ1) is 14.5. The maximum absolute atomic E-state index is 12.9. The molecule has 4 rings (SSSR count). The van der Waals surface area contributed by atoms with Crippen LogP contribution in [0.15, 0.2) is 71.9 Å². The predicted octanol–water partition coefficient (Wildman–Crippen LogP) is 3.90.